The minimum atomic E-state index is 0.703. The van der Waals surface area contributed by atoms with E-state index in [9.17, 15) is 0 Å². The number of rotatable bonds is 8. The molecular formula is C14H24N2O. The standard InChI is InChI=1S/C14H24N2O/c1-12(2)6-4-8-15-10-11-17-14-7-5-9-16-13(14)3/h5,7,9,12,15H,4,6,8,10-11H2,1-3H3. The van der Waals surface area contributed by atoms with E-state index >= 15 is 0 Å². The Morgan fingerprint density at radius 3 is 2.88 bits per heavy atom. The summed E-state index contributed by atoms with van der Waals surface area (Å²) in [6.07, 6.45) is 4.31. The van der Waals surface area contributed by atoms with Gasteiger partial charge in [0.1, 0.15) is 12.4 Å². The zero-order chi connectivity index (χ0) is 12.5. The Kier molecular flexibility index (Phi) is 6.63. The zero-order valence-electron chi connectivity index (χ0n) is 11.2. The molecule has 17 heavy (non-hydrogen) atoms. The normalized spacial score (nSPS) is 10.8. The Hall–Kier alpha value is -1.09. The quantitative estimate of drug-likeness (QED) is 0.705. The predicted octanol–water partition coefficient (Wildman–Crippen LogP) is 2.79. The summed E-state index contributed by atoms with van der Waals surface area (Å²) in [5.74, 6) is 1.68. The molecule has 0 fully saturated rings. The summed E-state index contributed by atoms with van der Waals surface area (Å²) in [5, 5.41) is 3.39. The lowest BCUT2D eigenvalue weighted by Gasteiger charge is -2.09. The summed E-state index contributed by atoms with van der Waals surface area (Å²) >= 11 is 0. The molecule has 0 radical (unpaired) electrons. The number of ether oxygens (including phenoxy) is 1. The van der Waals surface area contributed by atoms with Crippen molar-refractivity contribution in [3.8, 4) is 5.75 Å². The number of nitrogens with one attached hydrogen (secondary N) is 1. The van der Waals surface area contributed by atoms with Crippen molar-refractivity contribution in [2.75, 3.05) is 19.7 Å². The third-order valence-electron chi connectivity index (χ3n) is 2.63. The van der Waals surface area contributed by atoms with E-state index in [1.54, 1.807) is 6.20 Å². The molecule has 0 bridgehead atoms. The Bertz CT molecular complexity index is 313. The number of aromatic nitrogens is 1. The van der Waals surface area contributed by atoms with Crippen molar-refractivity contribution in [1.82, 2.24) is 10.3 Å². The Morgan fingerprint density at radius 1 is 1.35 bits per heavy atom. The fraction of sp³-hybridized carbons (Fsp3) is 0.643. The van der Waals surface area contributed by atoms with Crippen LogP contribution >= 0.6 is 0 Å². The van der Waals surface area contributed by atoms with Crippen molar-refractivity contribution in [3.63, 3.8) is 0 Å². The van der Waals surface area contributed by atoms with Gasteiger partial charge in [0.15, 0.2) is 0 Å². The molecule has 96 valence electrons. The minimum Gasteiger partial charge on any atom is -0.490 e. The van der Waals surface area contributed by atoms with Crippen molar-refractivity contribution in [1.29, 1.82) is 0 Å². The van der Waals surface area contributed by atoms with Gasteiger partial charge in [-0.05, 0) is 44.4 Å². The highest BCUT2D eigenvalue weighted by molar-refractivity contribution is 5.25. The molecule has 0 amide bonds. The highest BCUT2D eigenvalue weighted by Gasteiger charge is 1.98. The Balaban J connectivity index is 2.03. The van der Waals surface area contributed by atoms with Gasteiger partial charge < -0.3 is 10.1 Å². The van der Waals surface area contributed by atoms with Crippen molar-refractivity contribution in [2.45, 2.75) is 33.6 Å². The second-order valence-corrected chi connectivity index (χ2v) is 4.72. The van der Waals surface area contributed by atoms with E-state index in [2.05, 4.69) is 24.1 Å². The van der Waals surface area contributed by atoms with Crippen molar-refractivity contribution < 1.29 is 4.74 Å². The molecule has 0 aromatic carbocycles. The lowest BCUT2D eigenvalue weighted by molar-refractivity contribution is 0.309. The monoisotopic (exact) mass is 236 g/mol. The third kappa shape index (κ3) is 6.27. The van der Waals surface area contributed by atoms with Crippen LogP contribution in [0.5, 0.6) is 5.75 Å². The molecule has 0 atom stereocenters. The molecular weight excluding hydrogens is 212 g/mol. The first-order valence-corrected chi connectivity index (χ1v) is 6.45. The molecule has 0 aliphatic heterocycles. The van der Waals surface area contributed by atoms with Crippen LogP contribution in [-0.2, 0) is 0 Å². The van der Waals surface area contributed by atoms with Crippen molar-refractivity contribution >= 4 is 0 Å². The van der Waals surface area contributed by atoms with Crippen molar-refractivity contribution in [3.05, 3.63) is 24.0 Å². The van der Waals surface area contributed by atoms with Gasteiger partial charge in [-0.15, -0.1) is 0 Å². The first-order valence-electron chi connectivity index (χ1n) is 6.45. The predicted molar refractivity (Wildman–Crippen MR) is 71.4 cm³/mol. The van der Waals surface area contributed by atoms with Crippen LogP contribution in [0.25, 0.3) is 0 Å². The number of aryl methyl sites for hydroxylation is 1. The summed E-state index contributed by atoms with van der Waals surface area (Å²) < 4.78 is 5.64. The summed E-state index contributed by atoms with van der Waals surface area (Å²) in [5.41, 5.74) is 0.951. The van der Waals surface area contributed by atoms with Gasteiger partial charge in [-0.1, -0.05) is 13.8 Å². The second-order valence-electron chi connectivity index (χ2n) is 4.72. The van der Waals surface area contributed by atoms with E-state index in [-0.39, 0.29) is 0 Å². The molecule has 0 saturated carbocycles. The second kappa shape index (κ2) is 8.07. The van der Waals surface area contributed by atoms with E-state index in [4.69, 9.17) is 4.74 Å². The number of pyridine rings is 1. The summed E-state index contributed by atoms with van der Waals surface area (Å²) in [6.45, 7) is 9.15. The lowest BCUT2D eigenvalue weighted by Crippen LogP contribution is -2.22. The smallest absolute Gasteiger partial charge is 0.140 e. The average Bonchev–Trinajstić information content (AvgIpc) is 2.30. The van der Waals surface area contributed by atoms with Crippen molar-refractivity contribution in [2.24, 2.45) is 5.92 Å². The fourth-order valence-corrected chi connectivity index (χ4v) is 1.62. The molecule has 1 N–H and O–H groups in total. The van der Waals surface area contributed by atoms with E-state index in [1.165, 1.54) is 12.8 Å². The van der Waals surface area contributed by atoms with Crippen LogP contribution in [0.4, 0.5) is 0 Å². The topological polar surface area (TPSA) is 34.1 Å². The van der Waals surface area contributed by atoms with Gasteiger partial charge in [-0.2, -0.15) is 0 Å². The molecule has 3 heteroatoms. The minimum absolute atomic E-state index is 0.703. The van der Waals surface area contributed by atoms with Gasteiger partial charge in [0.05, 0.1) is 5.69 Å². The summed E-state index contributed by atoms with van der Waals surface area (Å²) in [6, 6.07) is 3.86. The van der Waals surface area contributed by atoms with Crippen LogP contribution in [0.1, 0.15) is 32.4 Å². The van der Waals surface area contributed by atoms with Gasteiger partial charge in [0.25, 0.3) is 0 Å². The van der Waals surface area contributed by atoms with Gasteiger partial charge in [-0.3, -0.25) is 4.98 Å². The number of nitrogens with zero attached hydrogens (tertiary/aromatic N) is 1. The molecule has 0 aliphatic carbocycles. The molecule has 1 aromatic heterocycles. The maximum absolute atomic E-state index is 5.64. The van der Waals surface area contributed by atoms with E-state index < -0.39 is 0 Å². The molecule has 3 nitrogen and oxygen atoms in total. The molecule has 0 aliphatic rings. The van der Waals surface area contributed by atoms with Gasteiger partial charge in [-0.25, -0.2) is 0 Å². The molecule has 1 heterocycles. The third-order valence-corrected chi connectivity index (χ3v) is 2.63. The van der Waals surface area contributed by atoms with Crippen LogP contribution in [0, 0.1) is 12.8 Å². The Labute approximate surface area is 105 Å². The van der Waals surface area contributed by atoms with Crippen LogP contribution in [0.15, 0.2) is 18.3 Å². The van der Waals surface area contributed by atoms with E-state index in [1.807, 2.05) is 19.1 Å². The van der Waals surface area contributed by atoms with Crippen LogP contribution in [0.3, 0.4) is 0 Å². The molecule has 0 saturated heterocycles. The highest BCUT2D eigenvalue weighted by Crippen LogP contribution is 2.12. The summed E-state index contributed by atoms with van der Waals surface area (Å²) in [7, 11) is 0. The zero-order valence-corrected chi connectivity index (χ0v) is 11.2. The molecule has 0 spiro atoms. The summed E-state index contributed by atoms with van der Waals surface area (Å²) in [4.78, 5) is 4.18. The average molecular weight is 236 g/mol. The van der Waals surface area contributed by atoms with Crippen LogP contribution in [0.2, 0.25) is 0 Å². The maximum atomic E-state index is 5.64. The van der Waals surface area contributed by atoms with Gasteiger partial charge >= 0.3 is 0 Å². The largest absolute Gasteiger partial charge is 0.490 e. The molecule has 1 aromatic rings. The first kappa shape index (κ1) is 14.0. The SMILES string of the molecule is Cc1ncccc1OCCNCCCC(C)C. The van der Waals surface area contributed by atoms with E-state index in [0.717, 1.165) is 30.5 Å². The lowest BCUT2D eigenvalue weighted by atomic mass is 10.1. The fourth-order valence-electron chi connectivity index (χ4n) is 1.62. The van der Waals surface area contributed by atoms with Crippen LogP contribution in [-0.4, -0.2) is 24.7 Å². The maximum Gasteiger partial charge on any atom is 0.140 e. The molecule has 0 unspecified atom stereocenters. The number of hydrogen-bond acceptors (Lipinski definition) is 3. The van der Waals surface area contributed by atoms with Crippen LogP contribution < -0.4 is 10.1 Å². The van der Waals surface area contributed by atoms with Gasteiger partial charge in [0.2, 0.25) is 0 Å². The first-order chi connectivity index (χ1) is 8.20. The number of hydrogen-bond donors (Lipinski definition) is 1. The van der Waals surface area contributed by atoms with E-state index in [0.29, 0.717) is 6.61 Å². The molecule has 1 rings (SSSR count). The highest BCUT2D eigenvalue weighted by atomic mass is 16.5. The Morgan fingerprint density at radius 2 is 2.18 bits per heavy atom. The van der Waals surface area contributed by atoms with Gasteiger partial charge in [0, 0.05) is 12.7 Å².